The third-order valence-corrected chi connectivity index (χ3v) is 5.09. The number of ether oxygens (including phenoxy) is 1. The Morgan fingerprint density at radius 3 is 2.83 bits per heavy atom. The van der Waals surface area contributed by atoms with Crippen molar-refractivity contribution in [3.63, 3.8) is 0 Å². The Kier molecular flexibility index (Phi) is 4.91. The molecule has 0 saturated carbocycles. The van der Waals surface area contributed by atoms with Crippen LogP contribution in [0.15, 0.2) is 12.3 Å². The number of hydrogen-bond acceptors (Lipinski definition) is 4. The molecule has 1 aliphatic heterocycles. The summed E-state index contributed by atoms with van der Waals surface area (Å²) < 4.78 is 8.86. The number of nitrogens with one attached hydrogen (secondary N) is 1. The van der Waals surface area contributed by atoms with Crippen LogP contribution in [0.4, 0.5) is 0 Å². The van der Waals surface area contributed by atoms with Gasteiger partial charge in [-0.25, -0.2) is 0 Å². The van der Waals surface area contributed by atoms with Crippen LogP contribution in [0.1, 0.15) is 12.8 Å². The van der Waals surface area contributed by atoms with Gasteiger partial charge in [0.1, 0.15) is 0 Å². The molecule has 0 amide bonds. The van der Waals surface area contributed by atoms with Crippen molar-refractivity contribution in [3.8, 4) is 0 Å². The fourth-order valence-corrected chi connectivity index (χ4v) is 3.70. The van der Waals surface area contributed by atoms with Crippen LogP contribution in [0.3, 0.4) is 0 Å². The number of nitrogens with zero attached hydrogens (tertiary/aromatic N) is 3. The van der Waals surface area contributed by atoms with Crippen molar-refractivity contribution in [1.29, 1.82) is 0 Å². The Balaban J connectivity index is 1.76. The Labute approximate surface area is 148 Å². The lowest BCUT2D eigenvalue weighted by atomic mass is 9.97. The predicted octanol–water partition coefficient (Wildman–Crippen LogP) is 1.60. The summed E-state index contributed by atoms with van der Waals surface area (Å²) in [5.41, 5.74) is 0.602. The van der Waals surface area contributed by atoms with Crippen LogP contribution >= 0.6 is 35.4 Å². The summed E-state index contributed by atoms with van der Waals surface area (Å²) in [6, 6.07) is 1.65. The molecule has 2 aromatic heterocycles. The molecule has 9 heteroatoms. The van der Waals surface area contributed by atoms with Gasteiger partial charge in [0, 0.05) is 19.0 Å². The number of quaternary nitrogens is 1. The van der Waals surface area contributed by atoms with Crippen molar-refractivity contribution in [1.82, 2.24) is 14.2 Å². The number of likely N-dealkylation sites (tertiary alicyclic amines) is 1. The number of aromatic nitrogens is 3. The molecular weight excluding hydrogens is 359 g/mol. The number of methoxy groups -OCH3 is 1. The van der Waals surface area contributed by atoms with Crippen molar-refractivity contribution in [2.75, 3.05) is 20.2 Å². The van der Waals surface area contributed by atoms with Gasteiger partial charge in [-0.1, -0.05) is 23.2 Å². The van der Waals surface area contributed by atoms with E-state index < -0.39 is 0 Å². The van der Waals surface area contributed by atoms with Gasteiger partial charge in [-0.3, -0.25) is 9.20 Å². The average Bonchev–Trinajstić information content (AvgIpc) is 2.84. The Hall–Kier alpha value is -1.15. The van der Waals surface area contributed by atoms with E-state index in [0.29, 0.717) is 27.1 Å². The molecule has 3 heterocycles. The highest BCUT2D eigenvalue weighted by Gasteiger charge is 2.28. The molecule has 1 saturated heterocycles. The van der Waals surface area contributed by atoms with Crippen molar-refractivity contribution in [3.05, 3.63) is 27.1 Å². The minimum absolute atomic E-state index is 0.00559. The monoisotopic (exact) mass is 375 g/mol. The highest BCUT2D eigenvalue weighted by atomic mass is 35.5. The summed E-state index contributed by atoms with van der Waals surface area (Å²) in [4.78, 5) is 12.9. The van der Waals surface area contributed by atoms with E-state index in [2.05, 4.69) is 5.10 Å². The van der Waals surface area contributed by atoms with Gasteiger partial charge in [-0.2, -0.15) is 4.68 Å². The van der Waals surface area contributed by atoms with Crippen molar-refractivity contribution >= 4 is 47.0 Å². The maximum Gasteiger partial charge on any atom is 0.309 e. The summed E-state index contributed by atoms with van der Waals surface area (Å²) in [5.74, 6) is -0.110. The van der Waals surface area contributed by atoms with Gasteiger partial charge in [-0.15, -0.1) is 5.10 Å². The fraction of sp³-hybridized carbons (Fsp3) is 0.500. The summed E-state index contributed by atoms with van der Waals surface area (Å²) in [5, 5.41) is 5.48. The third-order valence-electron chi connectivity index (χ3n) is 4.20. The van der Waals surface area contributed by atoms with E-state index in [4.69, 9.17) is 40.2 Å². The minimum Gasteiger partial charge on any atom is -0.469 e. The Bertz CT molecular complexity index is 796. The average molecular weight is 376 g/mol. The van der Waals surface area contributed by atoms with Crippen molar-refractivity contribution in [2.24, 2.45) is 5.92 Å². The predicted molar refractivity (Wildman–Crippen MR) is 89.5 cm³/mol. The van der Waals surface area contributed by atoms with Gasteiger partial charge < -0.3 is 9.64 Å². The van der Waals surface area contributed by atoms with Crippen molar-refractivity contribution < 1.29 is 14.4 Å². The number of carbonyl (C=O) groups excluding carboxylic acids is 1. The minimum atomic E-state index is -0.116. The lowest BCUT2D eigenvalue weighted by molar-refractivity contribution is -0.929. The summed E-state index contributed by atoms with van der Waals surface area (Å²) in [6.45, 7) is 2.40. The fourth-order valence-electron chi connectivity index (χ4n) is 2.95. The molecule has 0 spiro atoms. The summed E-state index contributed by atoms with van der Waals surface area (Å²) in [6.07, 6.45) is 3.35. The van der Waals surface area contributed by atoms with E-state index in [9.17, 15) is 4.79 Å². The van der Waals surface area contributed by atoms with Crippen LogP contribution in [-0.4, -0.2) is 40.3 Å². The van der Waals surface area contributed by atoms with E-state index in [1.807, 2.05) is 0 Å². The number of piperidine rings is 1. The Morgan fingerprint density at radius 1 is 1.48 bits per heavy atom. The van der Waals surface area contributed by atoms with Crippen LogP contribution in [0.5, 0.6) is 0 Å². The second kappa shape index (κ2) is 6.76. The molecule has 0 aromatic carbocycles. The molecule has 0 bridgehead atoms. The number of esters is 1. The van der Waals surface area contributed by atoms with E-state index in [0.717, 1.165) is 25.9 Å². The summed E-state index contributed by atoms with van der Waals surface area (Å²) in [7, 11) is 1.44. The van der Waals surface area contributed by atoms with Crippen molar-refractivity contribution in [2.45, 2.75) is 19.5 Å². The number of hydrogen-bond donors (Lipinski definition) is 1. The van der Waals surface area contributed by atoms with Crippen LogP contribution < -0.4 is 4.90 Å². The molecule has 124 valence electrons. The van der Waals surface area contributed by atoms with E-state index >= 15 is 0 Å². The normalized spacial score (nSPS) is 21.5. The van der Waals surface area contributed by atoms with Gasteiger partial charge in [0.05, 0.1) is 36.2 Å². The first-order valence-electron chi connectivity index (χ1n) is 7.35. The second-order valence-electron chi connectivity index (χ2n) is 5.69. The lowest BCUT2D eigenvalue weighted by Gasteiger charge is -2.27. The number of fused-ring (bicyclic) bond motifs is 1. The molecule has 0 unspecified atom stereocenters. The molecule has 0 atom stereocenters. The van der Waals surface area contributed by atoms with Gasteiger partial charge in [0.25, 0.3) is 0 Å². The highest BCUT2D eigenvalue weighted by molar-refractivity contribution is 7.71. The molecular formula is C14H17Cl2N4O2S+. The van der Waals surface area contributed by atoms with Gasteiger partial charge in [0.15, 0.2) is 12.3 Å². The molecule has 23 heavy (non-hydrogen) atoms. The molecule has 1 fully saturated rings. The lowest BCUT2D eigenvalue weighted by Crippen LogP contribution is -3.12. The SMILES string of the molecule is COC(=O)C1CC[NH+](Cn2nc3c(Cl)cc(Cl)cn3c2=S)CC1. The van der Waals surface area contributed by atoms with E-state index in [-0.39, 0.29) is 11.9 Å². The van der Waals surface area contributed by atoms with Crippen LogP contribution in [0.2, 0.25) is 10.0 Å². The van der Waals surface area contributed by atoms with Gasteiger partial charge in [0.2, 0.25) is 4.77 Å². The molecule has 6 nitrogen and oxygen atoms in total. The summed E-state index contributed by atoms with van der Waals surface area (Å²) >= 11 is 17.7. The van der Waals surface area contributed by atoms with Crippen LogP contribution in [0, 0.1) is 10.7 Å². The number of halogens is 2. The zero-order valence-electron chi connectivity index (χ0n) is 12.6. The molecule has 0 radical (unpaired) electrons. The zero-order valence-corrected chi connectivity index (χ0v) is 14.9. The maximum atomic E-state index is 11.6. The first-order valence-corrected chi connectivity index (χ1v) is 8.51. The number of rotatable bonds is 3. The van der Waals surface area contributed by atoms with Crippen LogP contribution in [0.25, 0.3) is 5.65 Å². The van der Waals surface area contributed by atoms with Gasteiger partial charge >= 0.3 is 5.97 Å². The highest BCUT2D eigenvalue weighted by Crippen LogP contribution is 2.21. The first-order chi connectivity index (χ1) is 11.0. The third kappa shape index (κ3) is 3.38. The molecule has 3 rings (SSSR count). The molecule has 0 aliphatic carbocycles. The Morgan fingerprint density at radius 2 is 2.17 bits per heavy atom. The van der Waals surface area contributed by atoms with Crippen LogP contribution in [-0.2, 0) is 16.2 Å². The quantitative estimate of drug-likeness (QED) is 0.653. The first kappa shape index (κ1) is 16.7. The number of pyridine rings is 1. The molecule has 1 N–H and O–H groups in total. The van der Waals surface area contributed by atoms with E-state index in [1.54, 1.807) is 21.3 Å². The zero-order chi connectivity index (χ0) is 16.6. The maximum absolute atomic E-state index is 11.6. The second-order valence-corrected chi connectivity index (χ2v) is 6.90. The topological polar surface area (TPSA) is 53.0 Å². The molecule has 1 aliphatic rings. The largest absolute Gasteiger partial charge is 0.469 e. The van der Waals surface area contributed by atoms with Gasteiger partial charge in [-0.05, 0) is 18.3 Å². The van der Waals surface area contributed by atoms with E-state index in [1.165, 1.54) is 12.0 Å². The smallest absolute Gasteiger partial charge is 0.309 e. The number of carbonyl (C=O) groups is 1. The standard InChI is InChI=1S/C14H16Cl2N4O2S/c1-22-13(21)9-2-4-18(5-3-9)8-20-14(23)19-7-10(15)6-11(16)12(19)17-20/h6-7,9H,2-5,8H2,1H3/p+1. The molecule has 2 aromatic rings.